The molecule has 1 saturated heterocycles. The van der Waals surface area contributed by atoms with Crippen LogP contribution in [0.1, 0.15) is 29.8 Å². The molecule has 2 N–H and O–H groups in total. The molecular weight excluding hydrogens is 292 g/mol. The van der Waals surface area contributed by atoms with Gasteiger partial charge in [0.1, 0.15) is 0 Å². The summed E-state index contributed by atoms with van der Waals surface area (Å²) >= 11 is 3.56. The zero-order valence-electron chi connectivity index (χ0n) is 11.8. The molecule has 4 nitrogen and oxygen atoms in total. The molecule has 1 aromatic heterocycles. The molecule has 1 aromatic rings. The number of nitrogens with one attached hydrogen (secondary N) is 1. The van der Waals surface area contributed by atoms with Gasteiger partial charge in [0, 0.05) is 11.3 Å². The molecule has 6 heteroatoms. The third-order valence-corrected chi connectivity index (χ3v) is 5.85. The summed E-state index contributed by atoms with van der Waals surface area (Å²) in [5.74, 6) is 2.74. The van der Waals surface area contributed by atoms with Crippen molar-refractivity contribution < 1.29 is 9.90 Å². The quantitative estimate of drug-likeness (QED) is 0.843. The first kappa shape index (κ1) is 15.8. The Morgan fingerprint density at radius 3 is 2.90 bits per heavy atom. The van der Waals surface area contributed by atoms with E-state index >= 15 is 0 Å². The smallest absolute Gasteiger partial charge is 0.220 e. The predicted octanol–water partition coefficient (Wildman–Crippen LogP) is 2.00. The van der Waals surface area contributed by atoms with Gasteiger partial charge in [0.05, 0.1) is 23.9 Å². The minimum absolute atomic E-state index is 0.0371. The number of amides is 1. The Kier molecular flexibility index (Phi) is 6.32. The lowest BCUT2D eigenvalue weighted by molar-refractivity contribution is -0.122. The molecule has 1 fully saturated rings. The van der Waals surface area contributed by atoms with Crippen LogP contribution in [0.3, 0.4) is 0 Å². The molecule has 2 heterocycles. The highest BCUT2D eigenvalue weighted by Crippen LogP contribution is 2.25. The van der Waals surface area contributed by atoms with E-state index < -0.39 is 0 Å². The van der Waals surface area contributed by atoms with Crippen LogP contribution in [0.15, 0.2) is 5.51 Å². The normalized spacial score (nSPS) is 17.9. The van der Waals surface area contributed by atoms with E-state index in [1.165, 1.54) is 4.88 Å². The fraction of sp³-hybridized carbons (Fsp3) is 0.714. The third kappa shape index (κ3) is 4.46. The van der Waals surface area contributed by atoms with Crippen molar-refractivity contribution in [3.05, 3.63) is 16.1 Å². The van der Waals surface area contributed by atoms with Crippen LogP contribution in [0, 0.1) is 12.8 Å². The summed E-state index contributed by atoms with van der Waals surface area (Å²) in [5.41, 5.74) is 2.84. The molecule has 0 bridgehead atoms. The van der Waals surface area contributed by atoms with E-state index in [0.717, 1.165) is 36.5 Å². The zero-order chi connectivity index (χ0) is 14.4. The Morgan fingerprint density at radius 1 is 1.55 bits per heavy atom. The fourth-order valence-corrected chi connectivity index (χ4v) is 4.43. The van der Waals surface area contributed by atoms with Crippen molar-refractivity contribution in [3.8, 4) is 0 Å². The maximum Gasteiger partial charge on any atom is 0.220 e. The van der Waals surface area contributed by atoms with E-state index in [1.54, 1.807) is 11.3 Å². The van der Waals surface area contributed by atoms with Crippen molar-refractivity contribution in [3.63, 3.8) is 0 Å². The summed E-state index contributed by atoms with van der Waals surface area (Å²) in [6, 6.07) is -0.0778. The second-order valence-electron chi connectivity index (χ2n) is 5.17. The number of hydrogen-bond acceptors (Lipinski definition) is 5. The largest absolute Gasteiger partial charge is 0.394 e. The maximum atomic E-state index is 12.0. The molecular formula is C14H22N2O2S2. The predicted molar refractivity (Wildman–Crippen MR) is 84.2 cm³/mol. The lowest BCUT2D eigenvalue weighted by Crippen LogP contribution is -2.44. The molecule has 0 aromatic carbocycles. The van der Waals surface area contributed by atoms with Crippen LogP contribution in [-0.2, 0) is 11.2 Å². The van der Waals surface area contributed by atoms with Crippen LogP contribution in [-0.4, -0.2) is 40.2 Å². The highest BCUT2D eigenvalue weighted by molar-refractivity contribution is 7.99. The summed E-state index contributed by atoms with van der Waals surface area (Å²) in [4.78, 5) is 17.4. The number of thiazole rings is 1. The second kappa shape index (κ2) is 8.00. The van der Waals surface area contributed by atoms with Crippen LogP contribution in [0.25, 0.3) is 0 Å². The Hall–Kier alpha value is -0.590. The van der Waals surface area contributed by atoms with Gasteiger partial charge in [-0.15, -0.1) is 11.3 Å². The highest BCUT2D eigenvalue weighted by Gasteiger charge is 2.24. The molecule has 0 aliphatic carbocycles. The summed E-state index contributed by atoms with van der Waals surface area (Å²) in [6.45, 7) is 2.01. The average molecular weight is 314 g/mol. The van der Waals surface area contributed by atoms with Crippen molar-refractivity contribution in [2.75, 3.05) is 18.1 Å². The lowest BCUT2D eigenvalue weighted by Gasteiger charge is -2.29. The van der Waals surface area contributed by atoms with Crippen LogP contribution in [0.2, 0.25) is 0 Å². The zero-order valence-corrected chi connectivity index (χ0v) is 13.4. The number of aromatic nitrogens is 1. The standard InChI is InChI=1S/C14H22N2O2S2/c1-10-13(20-9-15-10)2-3-14(18)16-12(8-17)11-4-6-19-7-5-11/h9,11-12,17H,2-8H2,1H3,(H,16,18)/t12-/m0/s1. The fourth-order valence-electron chi connectivity index (χ4n) is 2.50. The Bertz CT molecular complexity index is 431. The second-order valence-corrected chi connectivity index (χ2v) is 7.33. The molecule has 20 heavy (non-hydrogen) atoms. The SMILES string of the molecule is Cc1ncsc1CCC(=O)N[C@@H](CO)C1CCSCC1. The van der Waals surface area contributed by atoms with E-state index in [9.17, 15) is 9.90 Å². The Labute approximate surface area is 128 Å². The number of aliphatic hydroxyl groups excluding tert-OH is 1. The molecule has 0 saturated carbocycles. The minimum Gasteiger partial charge on any atom is -0.394 e. The first-order chi connectivity index (χ1) is 9.70. The summed E-state index contributed by atoms with van der Waals surface area (Å²) < 4.78 is 0. The van der Waals surface area contributed by atoms with E-state index in [0.29, 0.717) is 12.3 Å². The number of thioether (sulfide) groups is 1. The number of aryl methyl sites for hydroxylation is 2. The topological polar surface area (TPSA) is 62.2 Å². The van der Waals surface area contributed by atoms with Gasteiger partial charge in [-0.05, 0) is 43.6 Å². The maximum absolute atomic E-state index is 12.0. The van der Waals surface area contributed by atoms with Gasteiger partial charge in [0.15, 0.2) is 0 Å². The van der Waals surface area contributed by atoms with Crippen LogP contribution >= 0.6 is 23.1 Å². The van der Waals surface area contributed by atoms with Crippen LogP contribution in [0.4, 0.5) is 0 Å². The molecule has 1 aliphatic heterocycles. The lowest BCUT2D eigenvalue weighted by atomic mass is 9.94. The number of nitrogens with zero attached hydrogens (tertiary/aromatic N) is 1. The summed E-state index contributed by atoms with van der Waals surface area (Å²) in [6.07, 6.45) is 3.39. The number of carbonyl (C=O) groups is 1. The van der Waals surface area contributed by atoms with Crippen molar-refractivity contribution in [2.45, 2.75) is 38.6 Å². The Morgan fingerprint density at radius 2 is 2.30 bits per heavy atom. The first-order valence-electron chi connectivity index (χ1n) is 7.07. The van der Waals surface area contributed by atoms with Gasteiger partial charge in [-0.3, -0.25) is 4.79 Å². The van der Waals surface area contributed by atoms with E-state index in [1.807, 2.05) is 24.2 Å². The van der Waals surface area contributed by atoms with E-state index in [2.05, 4.69) is 10.3 Å². The summed E-state index contributed by atoms with van der Waals surface area (Å²) in [7, 11) is 0. The number of aliphatic hydroxyl groups is 1. The molecule has 1 aliphatic rings. The van der Waals surface area contributed by atoms with Gasteiger partial charge in [-0.1, -0.05) is 0 Å². The average Bonchev–Trinajstić information content (AvgIpc) is 2.89. The van der Waals surface area contributed by atoms with E-state index in [-0.39, 0.29) is 18.6 Å². The number of carbonyl (C=O) groups excluding carboxylic acids is 1. The highest BCUT2D eigenvalue weighted by atomic mass is 32.2. The minimum atomic E-state index is -0.0778. The molecule has 112 valence electrons. The van der Waals surface area contributed by atoms with Gasteiger partial charge in [-0.25, -0.2) is 4.98 Å². The molecule has 0 radical (unpaired) electrons. The van der Waals surface area contributed by atoms with Crippen LogP contribution in [0.5, 0.6) is 0 Å². The van der Waals surface area contributed by atoms with Crippen molar-refractivity contribution in [1.29, 1.82) is 0 Å². The monoisotopic (exact) mass is 314 g/mol. The summed E-state index contributed by atoms with van der Waals surface area (Å²) in [5, 5.41) is 12.5. The van der Waals surface area contributed by atoms with Gasteiger partial charge in [0.25, 0.3) is 0 Å². The molecule has 1 amide bonds. The van der Waals surface area contributed by atoms with Crippen LogP contribution < -0.4 is 5.32 Å². The number of hydrogen-bond donors (Lipinski definition) is 2. The molecule has 1 atom stereocenters. The molecule has 2 rings (SSSR count). The van der Waals surface area contributed by atoms with Crippen molar-refractivity contribution in [2.24, 2.45) is 5.92 Å². The Balaban J connectivity index is 1.78. The molecule has 0 spiro atoms. The van der Waals surface area contributed by atoms with Gasteiger partial charge in [-0.2, -0.15) is 11.8 Å². The van der Waals surface area contributed by atoms with E-state index in [4.69, 9.17) is 0 Å². The third-order valence-electron chi connectivity index (χ3n) is 3.80. The van der Waals surface area contributed by atoms with Gasteiger partial charge in [0.2, 0.25) is 5.91 Å². The van der Waals surface area contributed by atoms with Gasteiger partial charge >= 0.3 is 0 Å². The number of rotatable bonds is 6. The van der Waals surface area contributed by atoms with Crippen molar-refractivity contribution in [1.82, 2.24) is 10.3 Å². The molecule has 0 unspecified atom stereocenters. The van der Waals surface area contributed by atoms with Crippen molar-refractivity contribution >= 4 is 29.0 Å². The first-order valence-corrected chi connectivity index (χ1v) is 9.11. The van der Waals surface area contributed by atoms with Gasteiger partial charge < -0.3 is 10.4 Å².